The van der Waals surface area contributed by atoms with Gasteiger partial charge in [-0.1, -0.05) is 23.7 Å². The maximum absolute atomic E-state index is 12.8. The molecule has 0 aliphatic carbocycles. The van der Waals surface area contributed by atoms with E-state index in [4.69, 9.17) is 16.3 Å². The Balaban J connectivity index is 1.31. The zero-order chi connectivity index (χ0) is 23.3. The zero-order valence-corrected chi connectivity index (χ0v) is 19.4. The van der Waals surface area contributed by atoms with Crippen LogP contribution in [0.1, 0.15) is 18.5 Å². The highest BCUT2D eigenvalue weighted by Crippen LogP contribution is 2.26. The van der Waals surface area contributed by atoms with E-state index in [2.05, 4.69) is 10.3 Å². The number of anilines is 1. The molecule has 1 saturated heterocycles. The summed E-state index contributed by atoms with van der Waals surface area (Å²) in [6.07, 6.45) is 2.62. The zero-order valence-electron chi connectivity index (χ0n) is 17.9. The fourth-order valence-corrected chi connectivity index (χ4v) is 5.26. The second kappa shape index (κ2) is 10.3. The Hall–Kier alpha value is -2.94. The number of carbonyl (C=O) groups excluding carboxylic acids is 1. The summed E-state index contributed by atoms with van der Waals surface area (Å²) in [5.41, 5.74) is 1.45. The highest BCUT2D eigenvalue weighted by molar-refractivity contribution is 7.89. The summed E-state index contributed by atoms with van der Waals surface area (Å²) in [7, 11) is -3.60. The van der Waals surface area contributed by atoms with E-state index in [1.807, 2.05) is 30.3 Å². The SMILES string of the molecule is O=C(Nc1cccc(OCc2ccccn2)c1)C1CCN(S(=O)(=O)c2ccc(Cl)cc2)CC1. The van der Waals surface area contributed by atoms with E-state index in [1.165, 1.54) is 16.4 Å². The molecule has 0 radical (unpaired) electrons. The Labute approximate surface area is 198 Å². The van der Waals surface area contributed by atoms with Crippen LogP contribution in [0.25, 0.3) is 0 Å². The number of aromatic nitrogens is 1. The van der Waals surface area contributed by atoms with Gasteiger partial charge < -0.3 is 10.1 Å². The Morgan fingerprint density at radius 3 is 2.52 bits per heavy atom. The summed E-state index contributed by atoms with van der Waals surface area (Å²) in [5.74, 6) is 0.238. The van der Waals surface area contributed by atoms with Gasteiger partial charge in [0.2, 0.25) is 15.9 Å². The first-order valence-corrected chi connectivity index (χ1v) is 12.4. The molecule has 0 saturated carbocycles. The first kappa shape index (κ1) is 23.2. The van der Waals surface area contributed by atoms with Crippen molar-refractivity contribution < 1.29 is 17.9 Å². The Morgan fingerprint density at radius 2 is 1.82 bits per heavy atom. The highest BCUT2D eigenvalue weighted by Gasteiger charge is 2.32. The fourth-order valence-electron chi connectivity index (χ4n) is 3.66. The maximum Gasteiger partial charge on any atom is 0.243 e. The van der Waals surface area contributed by atoms with Crippen LogP contribution < -0.4 is 10.1 Å². The van der Waals surface area contributed by atoms with Crippen LogP contribution in [0.15, 0.2) is 77.8 Å². The minimum Gasteiger partial charge on any atom is -0.487 e. The number of hydrogen-bond acceptors (Lipinski definition) is 5. The van der Waals surface area contributed by atoms with Gasteiger partial charge in [-0.3, -0.25) is 9.78 Å². The second-order valence-corrected chi connectivity index (χ2v) is 10.1. The molecule has 1 N–H and O–H groups in total. The lowest BCUT2D eigenvalue weighted by Gasteiger charge is -2.30. The molecule has 1 aliphatic rings. The topological polar surface area (TPSA) is 88.6 Å². The molecule has 172 valence electrons. The summed E-state index contributed by atoms with van der Waals surface area (Å²) in [5, 5.41) is 3.41. The second-order valence-electron chi connectivity index (χ2n) is 7.76. The molecule has 2 aromatic carbocycles. The number of amides is 1. The first-order chi connectivity index (χ1) is 15.9. The molecule has 0 spiro atoms. The average Bonchev–Trinajstić information content (AvgIpc) is 2.84. The fraction of sp³-hybridized carbons (Fsp3) is 0.250. The molecule has 9 heteroatoms. The number of sulfonamides is 1. The van der Waals surface area contributed by atoms with Crippen LogP contribution in [0.3, 0.4) is 0 Å². The molecule has 33 heavy (non-hydrogen) atoms. The third kappa shape index (κ3) is 5.90. The lowest BCUT2D eigenvalue weighted by atomic mass is 9.97. The predicted molar refractivity (Wildman–Crippen MR) is 127 cm³/mol. The van der Waals surface area contributed by atoms with Gasteiger partial charge >= 0.3 is 0 Å². The summed E-state index contributed by atoms with van der Waals surface area (Å²) in [6.45, 7) is 0.908. The predicted octanol–water partition coefficient (Wildman–Crippen LogP) is 4.35. The Kier molecular flexibility index (Phi) is 7.27. The number of halogens is 1. The van der Waals surface area contributed by atoms with Gasteiger partial charge in [0.05, 0.1) is 10.6 Å². The number of pyridine rings is 1. The van der Waals surface area contributed by atoms with E-state index >= 15 is 0 Å². The monoisotopic (exact) mass is 485 g/mol. The minimum atomic E-state index is -3.60. The van der Waals surface area contributed by atoms with Crippen molar-refractivity contribution in [3.8, 4) is 5.75 Å². The van der Waals surface area contributed by atoms with Gasteiger partial charge in [-0.2, -0.15) is 4.31 Å². The van der Waals surface area contributed by atoms with Crippen molar-refractivity contribution >= 4 is 33.2 Å². The highest BCUT2D eigenvalue weighted by atomic mass is 35.5. The van der Waals surface area contributed by atoms with Crippen molar-refractivity contribution in [2.24, 2.45) is 5.92 Å². The third-order valence-corrected chi connectivity index (χ3v) is 7.66. The molecule has 1 aliphatic heterocycles. The van der Waals surface area contributed by atoms with Gasteiger partial charge in [0, 0.05) is 42.0 Å². The van der Waals surface area contributed by atoms with Crippen LogP contribution >= 0.6 is 11.6 Å². The number of nitrogens with one attached hydrogen (secondary N) is 1. The summed E-state index contributed by atoms with van der Waals surface area (Å²) < 4.78 is 32.9. The van der Waals surface area contributed by atoms with Gasteiger partial charge in [-0.15, -0.1) is 0 Å². The van der Waals surface area contributed by atoms with Crippen molar-refractivity contribution in [3.63, 3.8) is 0 Å². The van der Waals surface area contributed by atoms with Crippen LogP contribution in [-0.4, -0.2) is 36.7 Å². The molecular weight excluding hydrogens is 462 g/mol. The summed E-state index contributed by atoms with van der Waals surface area (Å²) in [4.78, 5) is 17.2. The van der Waals surface area contributed by atoms with E-state index < -0.39 is 10.0 Å². The van der Waals surface area contributed by atoms with E-state index in [-0.39, 0.29) is 29.8 Å². The van der Waals surface area contributed by atoms with Crippen molar-refractivity contribution in [2.45, 2.75) is 24.3 Å². The number of carbonyl (C=O) groups is 1. The van der Waals surface area contributed by atoms with Crippen molar-refractivity contribution in [2.75, 3.05) is 18.4 Å². The molecule has 0 unspecified atom stereocenters. The van der Waals surface area contributed by atoms with Crippen molar-refractivity contribution in [1.82, 2.24) is 9.29 Å². The normalized spacial score (nSPS) is 15.2. The molecule has 1 amide bonds. The number of benzene rings is 2. The van der Waals surface area contributed by atoms with Gasteiger partial charge in [0.1, 0.15) is 12.4 Å². The molecule has 0 atom stereocenters. The van der Waals surface area contributed by atoms with Crippen LogP contribution in [0.4, 0.5) is 5.69 Å². The van der Waals surface area contributed by atoms with Gasteiger partial charge in [-0.25, -0.2) is 8.42 Å². The number of piperidine rings is 1. The van der Waals surface area contributed by atoms with Crippen molar-refractivity contribution in [1.29, 1.82) is 0 Å². The Morgan fingerprint density at radius 1 is 1.06 bits per heavy atom. The van der Waals surface area contributed by atoms with Crippen LogP contribution in [-0.2, 0) is 21.4 Å². The molecule has 7 nitrogen and oxygen atoms in total. The van der Waals surface area contributed by atoms with E-state index in [0.717, 1.165) is 5.69 Å². The van der Waals surface area contributed by atoms with Crippen LogP contribution in [0.5, 0.6) is 5.75 Å². The number of rotatable bonds is 7. The molecule has 1 fully saturated rings. The summed E-state index contributed by atoms with van der Waals surface area (Å²) >= 11 is 5.86. The lowest BCUT2D eigenvalue weighted by Crippen LogP contribution is -2.41. The number of ether oxygens (including phenoxy) is 1. The molecule has 3 aromatic rings. The van der Waals surface area contributed by atoms with Gasteiger partial charge in [0.25, 0.3) is 0 Å². The molecule has 4 rings (SSSR count). The first-order valence-electron chi connectivity index (χ1n) is 10.6. The van der Waals surface area contributed by atoms with Gasteiger partial charge in [0.15, 0.2) is 0 Å². The smallest absolute Gasteiger partial charge is 0.243 e. The largest absolute Gasteiger partial charge is 0.487 e. The molecule has 2 heterocycles. The van der Waals surface area contributed by atoms with E-state index in [9.17, 15) is 13.2 Å². The number of nitrogens with zero attached hydrogens (tertiary/aromatic N) is 2. The van der Waals surface area contributed by atoms with Crippen molar-refractivity contribution in [3.05, 3.63) is 83.6 Å². The van der Waals surface area contributed by atoms with Gasteiger partial charge in [-0.05, 0) is 61.4 Å². The molecular formula is C24H24ClN3O4S. The Bertz CT molecular complexity index is 1200. The third-order valence-electron chi connectivity index (χ3n) is 5.49. The summed E-state index contributed by atoms with van der Waals surface area (Å²) in [6, 6.07) is 18.9. The quantitative estimate of drug-likeness (QED) is 0.537. The van der Waals surface area contributed by atoms with E-state index in [1.54, 1.807) is 30.5 Å². The average molecular weight is 486 g/mol. The van der Waals surface area contributed by atoms with E-state index in [0.29, 0.717) is 35.9 Å². The van der Waals surface area contributed by atoms with Crippen LogP contribution in [0, 0.1) is 5.92 Å². The minimum absolute atomic E-state index is 0.125. The maximum atomic E-state index is 12.8. The lowest BCUT2D eigenvalue weighted by molar-refractivity contribution is -0.120. The number of hydrogen-bond donors (Lipinski definition) is 1. The molecule has 0 bridgehead atoms. The standard InChI is InChI=1S/C24H24ClN3O4S/c25-19-7-9-23(10-8-19)33(30,31)28-14-11-18(12-15-28)24(29)27-20-5-3-6-22(16-20)32-17-21-4-1-2-13-26-21/h1-10,13,16,18H,11-12,14-15,17H2,(H,27,29). The van der Waals surface area contributed by atoms with Crippen LogP contribution in [0.2, 0.25) is 5.02 Å². The molecule has 1 aromatic heterocycles.